The van der Waals surface area contributed by atoms with Gasteiger partial charge >= 0.3 is 0 Å². The molecule has 0 spiro atoms. The highest BCUT2D eigenvalue weighted by atomic mass is 32.1. The number of fused-ring (bicyclic) bond motifs is 1. The van der Waals surface area contributed by atoms with Crippen LogP contribution in [0.25, 0.3) is 0 Å². The van der Waals surface area contributed by atoms with Crippen molar-refractivity contribution in [3.8, 4) is 5.06 Å². The summed E-state index contributed by atoms with van der Waals surface area (Å²) in [7, 11) is 0. The van der Waals surface area contributed by atoms with Crippen LogP contribution in [0, 0.1) is 0 Å². The number of aryl methyl sites for hydroxylation is 1. The highest BCUT2D eigenvalue weighted by Crippen LogP contribution is 2.27. The van der Waals surface area contributed by atoms with Crippen molar-refractivity contribution >= 4 is 17.1 Å². The molecule has 17 heavy (non-hydrogen) atoms. The van der Waals surface area contributed by atoms with Gasteiger partial charge in [-0.25, -0.2) is 0 Å². The van der Waals surface area contributed by atoms with Crippen molar-refractivity contribution < 1.29 is 9.53 Å². The smallest absolute Gasteiger partial charge is 0.203 e. The maximum atomic E-state index is 12.2. The summed E-state index contributed by atoms with van der Waals surface area (Å²) < 4.78 is 5.73. The number of hydrogen-bond acceptors (Lipinski definition) is 3. The standard InChI is InChI=1S/C14H12O2S/c15-14-11-5-2-1-4-10(11)7-8-12(14)16-13-6-3-9-17-13/h1-6,9,12H,7-8H2. The highest BCUT2D eigenvalue weighted by molar-refractivity contribution is 7.11. The Morgan fingerprint density at radius 2 is 2.06 bits per heavy atom. The van der Waals surface area contributed by atoms with Gasteiger partial charge in [0.1, 0.15) is 0 Å². The Bertz CT molecular complexity index is 531. The molecule has 1 aromatic heterocycles. The predicted octanol–water partition coefficient (Wildman–Crippen LogP) is 3.32. The molecule has 0 radical (unpaired) electrons. The molecule has 1 aliphatic carbocycles. The van der Waals surface area contributed by atoms with Crippen molar-refractivity contribution in [1.82, 2.24) is 0 Å². The zero-order valence-corrected chi connectivity index (χ0v) is 10.1. The SMILES string of the molecule is O=C1c2ccccc2CCC1Oc1cccs1. The van der Waals surface area contributed by atoms with Gasteiger partial charge in [-0.05, 0) is 35.9 Å². The average Bonchev–Trinajstić information content (AvgIpc) is 2.86. The Morgan fingerprint density at radius 3 is 2.88 bits per heavy atom. The number of rotatable bonds is 2. The van der Waals surface area contributed by atoms with Gasteiger partial charge in [0.15, 0.2) is 11.2 Å². The quantitative estimate of drug-likeness (QED) is 0.810. The summed E-state index contributed by atoms with van der Waals surface area (Å²) in [4.78, 5) is 12.2. The van der Waals surface area contributed by atoms with Crippen LogP contribution in [-0.2, 0) is 6.42 Å². The Kier molecular flexibility index (Phi) is 2.69. The number of hydrogen-bond donors (Lipinski definition) is 0. The second kappa shape index (κ2) is 4.34. The van der Waals surface area contributed by atoms with Gasteiger partial charge in [-0.15, -0.1) is 11.3 Å². The third-order valence-electron chi connectivity index (χ3n) is 3.00. The Balaban J connectivity index is 1.84. The largest absolute Gasteiger partial charge is 0.473 e. The number of carbonyl (C=O) groups excluding carboxylic acids is 1. The number of Topliss-reactive ketones (excluding diaryl/α,β-unsaturated/α-hetero) is 1. The molecule has 0 bridgehead atoms. The van der Waals surface area contributed by atoms with Crippen molar-refractivity contribution in [3.05, 3.63) is 52.9 Å². The summed E-state index contributed by atoms with van der Waals surface area (Å²) in [6.07, 6.45) is 1.37. The summed E-state index contributed by atoms with van der Waals surface area (Å²) in [5, 5.41) is 2.78. The molecule has 1 unspecified atom stereocenters. The van der Waals surface area contributed by atoms with E-state index in [4.69, 9.17) is 4.74 Å². The maximum Gasteiger partial charge on any atom is 0.203 e. The number of ketones is 1. The number of thiophene rings is 1. The van der Waals surface area contributed by atoms with Crippen LogP contribution < -0.4 is 4.74 Å². The van der Waals surface area contributed by atoms with Crippen LogP contribution in [0.3, 0.4) is 0 Å². The summed E-state index contributed by atoms with van der Waals surface area (Å²) in [5.74, 6) is 0.111. The van der Waals surface area contributed by atoms with Crippen LogP contribution in [0.4, 0.5) is 0 Å². The number of ether oxygens (including phenoxy) is 1. The molecule has 2 nitrogen and oxygen atoms in total. The molecule has 0 fully saturated rings. The van der Waals surface area contributed by atoms with Crippen molar-refractivity contribution in [1.29, 1.82) is 0 Å². The van der Waals surface area contributed by atoms with Gasteiger partial charge in [0.2, 0.25) is 5.78 Å². The molecule has 0 N–H and O–H groups in total. The zero-order chi connectivity index (χ0) is 11.7. The number of carbonyl (C=O) groups is 1. The van der Waals surface area contributed by atoms with Gasteiger partial charge in [-0.1, -0.05) is 24.3 Å². The lowest BCUT2D eigenvalue weighted by atomic mass is 9.89. The minimum Gasteiger partial charge on any atom is -0.473 e. The predicted molar refractivity (Wildman–Crippen MR) is 67.8 cm³/mol. The van der Waals surface area contributed by atoms with Crippen molar-refractivity contribution in [3.63, 3.8) is 0 Å². The van der Waals surface area contributed by atoms with E-state index in [1.807, 2.05) is 41.8 Å². The van der Waals surface area contributed by atoms with E-state index in [1.165, 1.54) is 11.3 Å². The Morgan fingerprint density at radius 1 is 1.18 bits per heavy atom. The summed E-state index contributed by atoms with van der Waals surface area (Å²) in [6, 6.07) is 11.6. The van der Waals surface area contributed by atoms with Gasteiger partial charge in [-0.2, -0.15) is 0 Å². The van der Waals surface area contributed by atoms with Gasteiger partial charge in [0, 0.05) is 5.56 Å². The van der Waals surface area contributed by atoms with Crippen LogP contribution in [0.1, 0.15) is 22.3 Å². The van der Waals surface area contributed by atoms with E-state index < -0.39 is 0 Å². The molecule has 1 aliphatic rings. The van der Waals surface area contributed by atoms with E-state index in [-0.39, 0.29) is 11.9 Å². The zero-order valence-electron chi connectivity index (χ0n) is 9.26. The minimum atomic E-state index is -0.316. The normalized spacial score (nSPS) is 18.8. The molecule has 3 heteroatoms. The fraction of sp³-hybridized carbons (Fsp3) is 0.214. The molecular formula is C14H12O2S. The van der Waals surface area contributed by atoms with Crippen LogP contribution in [-0.4, -0.2) is 11.9 Å². The van der Waals surface area contributed by atoms with Gasteiger partial charge in [-0.3, -0.25) is 4.79 Å². The van der Waals surface area contributed by atoms with E-state index in [0.717, 1.165) is 29.0 Å². The molecular weight excluding hydrogens is 232 g/mol. The molecule has 0 saturated carbocycles. The minimum absolute atomic E-state index is 0.111. The van der Waals surface area contributed by atoms with Crippen LogP contribution >= 0.6 is 11.3 Å². The summed E-state index contributed by atoms with van der Waals surface area (Å²) in [6.45, 7) is 0. The molecule has 0 amide bonds. The average molecular weight is 244 g/mol. The van der Waals surface area contributed by atoms with E-state index in [0.29, 0.717) is 0 Å². The summed E-state index contributed by atoms with van der Waals surface area (Å²) >= 11 is 1.53. The highest BCUT2D eigenvalue weighted by Gasteiger charge is 2.28. The second-order valence-corrected chi connectivity index (χ2v) is 5.01. The number of benzene rings is 1. The third-order valence-corrected chi connectivity index (χ3v) is 3.76. The van der Waals surface area contributed by atoms with E-state index in [1.54, 1.807) is 0 Å². The van der Waals surface area contributed by atoms with Gasteiger partial charge in [0.05, 0.1) is 0 Å². The lowest BCUT2D eigenvalue weighted by Gasteiger charge is -2.23. The van der Waals surface area contributed by atoms with Crippen molar-refractivity contribution in [2.45, 2.75) is 18.9 Å². The van der Waals surface area contributed by atoms with Crippen LogP contribution in [0.5, 0.6) is 5.06 Å². The summed E-state index contributed by atoms with van der Waals surface area (Å²) in [5.41, 5.74) is 1.96. The van der Waals surface area contributed by atoms with Crippen LogP contribution in [0.2, 0.25) is 0 Å². The Labute approximate surface area is 104 Å². The maximum absolute atomic E-state index is 12.2. The fourth-order valence-corrected chi connectivity index (χ4v) is 2.77. The first-order chi connectivity index (χ1) is 8.34. The monoisotopic (exact) mass is 244 g/mol. The Hall–Kier alpha value is -1.61. The van der Waals surface area contributed by atoms with Gasteiger partial charge in [0.25, 0.3) is 0 Å². The topological polar surface area (TPSA) is 26.3 Å². The first kappa shape index (κ1) is 10.5. The van der Waals surface area contributed by atoms with Crippen LogP contribution in [0.15, 0.2) is 41.8 Å². The lowest BCUT2D eigenvalue weighted by molar-refractivity contribution is 0.0769. The molecule has 0 saturated heterocycles. The van der Waals surface area contributed by atoms with Crippen molar-refractivity contribution in [2.75, 3.05) is 0 Å². The lowest BCUT2D eigenvalue weighted by Crippen LogP contribution is -2.32. The molecule has 86 valence electrons. The van der Waals surface area contributed by atoms with E-state index in [2.05, 4.69) is 0 Å². The van der Waals surface area contributed by atoms with Gasteiger partial charge < -0.3 is 4.74 Å². The second-order valence-electron chi connectivity index (χ2n) is 4.10. The molecule has 2 aromatic rings. The first-order valence-corrected chi connectivity index (χ1v) is 6.55. The van der Waals surface area contributed by atoms with E-state index >= 15 is 0 Å². The first-order valence-electron chi connectivity index (χ1n) is 5.67. The van der Waals surface area contributed by atoms with E-state index in [9.17, 15) is 4.79 Å². The fourth-order valence-electron chi connectivity index (χ4n) is 2.15. The third kappa shape index (κ3) is 1.98. The molecule has 1 heterocycles. The molecule has 1 aromatic carbocycles. The molecule has 3 rings (SSSR count). The molecule has 1 atom stereocenters. The van der Waals surface area contributed by atoms with Crippen molar-refractivity contribution in [2.24, 2.45) is 0 Å². The molecule has 0 aliphatic heterocycles.